The van der Waals surface area contributed by atoms with Gasteiger partial charge < -0.3 is 14.8 Å². The number of nitrogens with zero attached hydrogens (tertiary/aromatic N) is 5. The Hall–Kier alpha value is -3.87. The molecular weight excluding hydrogens is 518 g/mol. The first-order chi connectivity index (χ1) is 18.3. The largest absolute Gasteiger partial charge is 0.348 e. The summed E-state index contributed by atoms with van der Waals surface area (Å²) in [5.74, 6) is -2.62. The van der Waals surface area contributed by atoms with Gasteiger partial charge in [-0.25, -0.2) is 8.78 Å². The van der Waals surface area contributed by atoms with Gasteiger partial charge in [-0.3, -0.25) is 19.7 Å². The molecule has 2 aromatic carbocycles. The molecule has 4 rings (SSSR count). The molecule has 1 saturated carbocycles. The summed E-state index contributed by atoms with van der Waals surface area (Å²) in [7, 11) is 1.66. The molecule has 38 heavy (non-hydrogen) atoms. The molecule has 1 fully saturated rings. The molecule has 1 N–H and O–H groups in total. The SMILES string of the molecule is CN(C=O)CCCn1cnnc1Sc1ccc([N+](=O)[O-])cc1C(=O)Nc1c(F)cc(C2CCCC2)cc1F. The van der Waals surface area contributed by atoms with E-state index >= 15 is 0 Å². The number of anilines is 1. The maximum atomic E-state index is 14.9. The normalized spacial score (nSPS) is 13.4. The Balaban J connectivity index is 1.58. The quantitative estimate of drug-likeness (QED) is 0.205. The summed E-state index contributed by atoms with van der Waals surface area (Å²) in [5.41, 5.74) is -0.545. The fourth-order valence-corrected chi connectivity index (χ4v) is 5.34. The van der Waals surface area contributed by atoms with Crippen LogP contribution in [0.15, 0.2) is 46.7 Å². The summed E-state index contributed by atoms with van der Waals surface area (Å²) in [6.45, 7) is 0.986. The zero-order chi connectivity index (χ0) is 27.2. The van der Waals surface area contributed by atoms with Gasteiger partial charge in [0.15, 0.2) is 5.16 Å². The van der Waals surface area contributed by atoms with Crippen molar-refractivity contribution in [2.45, 2.75) is 54.6 Å². The number of benzene rings is 2. The smallest absolute Gasteiger partial charge is 0.270 e. The van der Waals surface area contributed by atoms with E-state index in [1.807, 2.05) is 0 Å². The van der Waals surface area contributed by atoms with E-state index in [0.29, 0.717) is 30.2 Å². The van der Waals surface area contributed by atoms with Crippen LogP contribution in [0.1, 0.15) is 53.9 Å². The molecule has 200 valence electrons. The molecule has 1 aromatic heterocycles. The summed E-state index contributed by atoms with van der Waals surface area (Å²) in [6.07, 6.45) is 6.55. The van der Waals surface area contributed by atoms with Gasteiger partial charge in [-0.05, 0) is 60.7 Å². The lowest BCUT2D eigenvalue weighted by atomic mass is 9.97. The third-order valence-electron chi connectivity index (χ3n) is 6.42. The number of amides is 2. The monoisotopic (exact) mass is 544 g/mol. The van der Waals surface area contributed by atoms with Gasteiger partial charge in [0.2, 0.25) is 6.41 Å². The van der Waals surface area contributed by atoms with Gasteiger partial charge in [0.25, 0.3) is 11.6 Å². The van der Waals surface area contributed by atoms with Crippen LogP contribution >= 0.6 is 11.8 Å². The number of carbonyl (C=O) groups excluding carboxylic acids is 2. The topological polar surface area (TPSA) is 123 Å². The number of carbonyl (C=O) groups is 2. The van der Waals surface area contributed by atoms with Crippen LogP contribution in [-0.4, -0.2) is 50.5 Å². The number of nitro groups is 1. The van der Waals surface area contributed by atoms with Gasteiger partial charge in [-0.2, -0.15) is 0 Å². The third kappa shape index (κ3) is 6.33. The fraction of sp³-hybridized carbons (Fsp3) is 0.360. The number of hydrogen-bond donors (Lipinski definition) is 1. The molecule has 0 unspecified atom stereocenters. The zero-order valence-corrected chi connectivity index (χ0v) is 21.4. The molecule has 1 aliphatic rings. The van der Waals surface area contributed by atoms with Crippen LogP contribution in [0, 0.1) is 21.7 Å². The van der Waals surface area contributed by atoms with Crippen LogP contribution in [-0.2, 0) is 11.3 Å². The van der Waals surface area contributed by atoms with E-state index in [4.69, 9.17) is 0 Å². The van der Waals surface area contributed by atoms with E-state index in [9.17, 15) is 28.5 Å². The molecule has 13 heteroatoms. The van der Waals surface area contributed by atoms with Gasteiger partial charge >= 0.3 is 0 Å². The molecule has 10 nitrogen and oxygen atoms in total. The van der Waals surface area contributed by atoms with Crippen molar-refractivity contribution in [2.75, 3.05) is 18.9 Å². The van der Waals surface area contributed by atoms with E-state index in [-0.39, 0.29) is 22.1 Å². The number of halogens is 2. The lowest BCUT2D eigenvalue weighted by Gasteiger charge is -2.15. The minimum absolute atomic E-state index is 0.0831. The minimum Gasteiger partial charge on any atom is -0.348 e. The van der Waals surface area contributed by atoms with Gasteiger partial charge in [-0.15, -0.1) is 10.2 Å². The molecule has 0 spiro atoms. The van der Waals surface area contributed by atoms with Crippen LogP contribution in [0.25, 0.3) is 0 Å². The molecule has 1 heterocycles. The maximum Gasteiger partial charge on any atom is 0.270 e. The van der Waals surface area contributed by atoms with E-state index in [0.717, 1.165) is 49.9 Å². The Kier molecular flexibility index (Phi) is 8.66. The first-order valence-corrected chi connectivity index (χ1v) is 12.9. The summed E-state index contributed by atoms with van der Waals surface area (Å²) < 4.78 is 31.5. The first-order valence-electron chi connectivity index (χ1n) is 12.1. The average molecular weight is 545 g/mol. The van der Waals surface area contributed by atoms with Crippen molar-refractivity contribution in [3.05, 3.63) is 69.5 Å². The van der Waals surface area contributed by atoms with Gasteiger partial charge in [0, 0.05) is 37.2 Å². The van der Waals surface area contributed by atoms with Crippen molar-refractivity contribution < 1.29 is 23.3 Å². The summed E-state index contributed by atoms with van der Waals surface area (Å²) in [5, 5.41) is 22.0. The predicted octanol–water partition coefficient (Wildman–Crippen LogP) is 5.00. The zero-order valence-electron chi connectivity index (χ0n) is 20.6. The number of hydrogen-bond acceptors (Lipinski definition) is 7. The number of nitrogens with one attached hydrogen (secondary N) is 1. The molecule has 0 bridgehead atoms. The van der Waals surface area contributed by atoms with E-state index in [1.165, 1.54) is 35.5 Å². The van der Waals surface area contributed by atoms with Gasteiger partial charge in [-0.1, -0.05) is 12.8 Å². The number of nitro benzene ring substituents is 1. The van der Waals surface area contributed by atoms with E-state index in [1.54, 1.807) is 11.6 Å². The third-order valence-corrected chi connectivity index (χ3v) is 7.49. The second-order valence-corrected chi connectivity index (χ2v) is 10.1. The fourth-order valence-electron chi connectivity index (χ4n) is 4.40. The molecule has 3 aromatic rings. The number of non-ortho nitro benzene ring substituents is 1. The number of aromatic nitrogens is 3. The first kappa shape index (κ1) is 27.2. The van der Waals surface area contributed by atoms with Crippen molar-refractivity contribution in [3.63, 3.8) is 0 Å². The Morgan fingerprint density at radius 1 is 1.26 bits per heavy atom. The average Bonchev–Trinajstić information content (AvgIpc) is 3.59. The lowest BCUT2D eigenvalue weighted by molar-refractivity contribution is -0.384. The molecule has 0 atom stereocenters. The second-order valence-electron chi connectivity index (χ2n) is 9.08. The van der Waals surface area contributed by atoms with Gasteiger partial charge in [0.1, 0.15) is 23.6 Å². The highest BCUT2D eigenvalue weighted by atomic mass is 32.2. The van der Waals surface area contributed by atoms with Crippen molar-refractivity contribution in [1.82, 2.24) is 19.7 Å². The van der Waals surface area contributed by atoms with Crippen LogP contribution in [0.2, 0.25) is 0 Å². The molecule has 0 radical (unpaired) electrons. The summed E-state index contributed by atoms with van der Waals surface area (Å²) in [6, 6.07) is 6.15. The molecule has 1 aliphatic carbocycles. The Bertz CT molecular complexity index is 1320. The lowest BCUT2D eigenvalue weighted by Crippen LogP contribution is -2.18. The standard InChI is InChI=1S/C25H26F2N6O4S/c1-31(15-34)9-4-10-32-14-28-30-25(32)38-22-8-7-18(33(36)37)13-19(22)24(35)29-23-20(26)11-17(12-21(23)27)16-5-2-3-6-16/h7-8,11-16H,2-6,9-10H2,1H3,(H,29,35). The second kappa shape index (κ2) is 12.1. The van der Waals surface area contributed by atoms with Crippen LogP contribution < -0.4 is 5.32 Å². The van der Waals surface area contributed by atoms with Gasteiger partial charge in [0.05, 0.1) is 10.5 Å². The van der Waals surface area contributed by atoms with Crippen LogP contribution in [0.5, 0.6) is 0 Å². The van der Waals surface area contributed by atoms with Crippen molar-refractivity contribution in [2.24, 2.45) is 0 Å². The van der Waals surface area contributed by atoms with Crippen molar-refractivity contribution in [1.29, 1.82) is 0 Å². The van der Waals surface area contributed by atoms with Crippen molar-refractivity contribution >= 4 is 35.5 Å². The minimum atomic E-state index is -0.903. The van der Waals surface area contributed by atoms with E-state index in [2.05, 4.69) is 15.5 Å². The predicted molar refractivity (Wildman–Crippen MR) is 136 cm³/mol. The number of aryl methyl sites for hydroxylation is 1. The number of rotatable bonds is 11. The van der Waals surface area contributed by atoms with Crippen LogP contribution in [0.3, 0.4) is 0 Å². The highest BCUT2D eigenvalue weighted by Gasteiger charge is 2.24. The van der Waals surface area contributed by atoms with E-state index < -0.39 is 28.2 Å². The molecule has 2 amide bonds. The maximum absolute atomic E-state index is 14.9. The Morgan fingerprint density at radius 3 is 2.63 bits per heavy atom. The van der Waals surface area contributed by atoms with Crippen molar-refractivity contribution in [3.8, 4) is 0 Å². The highest BCUT2D eigenvalue weighted by Crippen LogP contribution is 2.37. The molecule has 0 aliphatic heterocycles. The molecular formula is C25H26F2N6O4S. The molecule has 0 saturated heterocycles. The highest BCUT2D eigenvalue weighted by molar-refractivity contribution is 7.99. The summed E-state index contributed by atoms with van der Waals surface area (Å²) in [4.78, 5) is 36.5. The Morgan fingerprint density at radius 2 is 1.97 bits per heavy atom. The Labute approximate surface area is 221 Å². The van der Waals surface area contributed by atoms with Crippen LogP contribution in [0.4, 0.5) is 20.2 Å². The summed E-state index contributed by atoms with van der Waals surface area (Å²) >= 11 is 1.03.